The summed E-state index contributed by atoms with van der Waals surface area (Å²) in [7, 11) is 1.26. The Kier molecular flexibility index (Phi) is 5.99. The van der Waals surface area contributed by atoms with Crippen molar-refractivity contribution >= 4 is 34.1 Å². The lowest BCUT2D eigenvalue weighted by molar-refractivity contribution is -0.135. The number of amides is 2. The molecule has 2 heterocycles. The molecule has 0 bridgehead atoms. The molecule has 0 aliphatic carbocycles. The monoisotopic (exact) mass is 408 g/mol. The molecule has 1 aliphatic rings. The number of alkyl carbamates (subject to hydrolysis) is 1. The molecule has 1 aromatic carbocycles. The molecule has 3 atom stereocenters. The van der Waals surface area contributed by atoms with E-state index < -0.39 is 23.2 Å². The zero-order valence-electron chi connectivity index (χ0n) is 16.0. The Morgan fingerprint density at radius 1 is 1.43 bits per heavy atom. The molecule has 3 rings (SSSR count). The normalized spacial score (nSPS) is 19.0. The highest BCUT2D eigenvalue weighted by atomic mass is 32.2. The van der Waals surface area contributed by atoms with Crippen LogP contribution >= 0.6 is 0 Å². The number of hydrogen-bond donors (Lipinski definition) is 3. The van der Waals surface area contributed by atoms with Crippen molar-refractivity contribution in [2.24, 2.45) is 5.92 Å². The highest BCUT2D eigenvalue weighted by Gasteiger charge is 2.37. The van der Waals surface area contributed by atoms with E-state index in [-0.39, 0.29) is 22.8 Å². The molecular formula is C18H24N4O5S. The number of aromatic nitrogens is 2. The van der Waals surface area contributed by atoms with E-state index in [1.165, 1.54) is 7.11 Å². The van der Waals surface area contributed by atoms with Crippen LogP contribution in [0.5, 0.6) is 0 Å². The lowest BCUT2D eigenvalue weighted by atomic mass is 10.0. The van der Waals surface area contributed by atoms with Crippen LogP contribution in [0, 0.1) is 5.92 Å². The Hall–Kier alpha value is -2.46. The van der Waals surface area contributed by atoms with Crippen LogP contribution in [0.25, 0.3) is 11.0 Å². The van der Waals surface area contributed by atoms with Gasteiger partial charge in [0, 0.05) is 6.54 Å². The minimum atomic E-state index is -2.07. The third-order valence-corrected chi connectivity index (χ3v) is 5.57. The molecule has 1 aromatic heterocycles. The van der Waals surface area contributed by atoms with Crippen LogP contribution in [0.3, 0.4) is 0 Å². The number of methoxy groups -OCH3 is 1. The van der Waals surface area contributed by atoms with Gasteiger partial charge in [0.2, 0.25) is 5.91 Å². The second-order valence-corrected chi connectivity index (χ2v) is 8.07. The molecule has 0 saturated carbocycles. The first-order valence-corrected chi connectivity index (χ1v) is 10.2. The molecule has 28 heavy (non-hydrogen) atoms. The molecule has 0 radical (unpaired) electrons. The molecule has 152 valence electrons. The van der Waals surface area contributed by atoms with Crippen molar-refractivity contribution in [2.45, 2.75) is 43.7 Å². The minimum absolute atomic E-state index is 0.106. The summed E-state index contributed by atoms with van der Waals surface area (Å²) in [6.07, 6.45) is 0.923. The van der Waals surface area contributed by atoms with Gasteiger partial charge in [0.25, 0.3) is 0 Å². The zero-order valence-corrected chi connectivity index (χ0v) is 16.8. The number of carbonyl (C=O) groups is 2. The van der Waals surface area contributed by atoms with E-state index in [1.807, 2.05) is 13.8 Å². The number of rotatable bonds is 5. The summed E-state index contributed by atoms with van der Waals surface area (Å²) in [5, 5.41) is 2.62. The summed E-state index contributed by atoms with van der Waals surface area (Å²) < 4.78 is 25.2. The van der Waals surface area contributed by atoms with Crippen LogP contribution in [0.1, 0.15) is 38.6 Å². The molecular weight excluding hydrogens is 384 g/mol. The van der Waals surface area contributed by atoms with E-state index >= 15 is 0 Å². The smallest absolute Gasteiger partial charge is 0.407 e. The Morgan fingerprint density at radius 3 is 2.82 bits per heavy atom. The van der Waals surface area contributed by atoms with Gasteiger partial charge in [-0.25, -0.2) is 14.0 Å². The quantitative estimate of drug-likeness (QED) is 0.652. The standard InChI is InChI=1S/C18H24N4O5S/c1-10(2)15(21-18(24)27-3)17(23)22-8-4-5-14(22)16-19-12-7-6-11(28(25)26)9-13(12)20-16/h6-7,9-10,14-15H,4-5,8H2,1-3H3,(H,19,20)(H,21,24)(H,25,26)/t14?,15-/m0/s1. The van der Waals surface area contributed by atoms with Crippen molar-refractivity contribution in [1.29, 1.82) is 0 Å². The van der Waals surface area contributed by atoms with E-state index in [2.05, 4.69) is 20.0 Å². The van der Waals surface area contributed by atoms with E-state index in [0.29, 0.717) is 23.4 Å². The number of nitrogens with one attached hydrogen (secondary N) is 2. The first-order chi connectivity index (χ1) is 13.3. The van der Waals surface area contributed by atoms with Crippen LogP contribution in [0.15, 0.2) is 23.1 Å². The van der Waals surface area contributed by atoms with Crippen molar-refractivity contribution in [3.63, 3.8) is 0 Å². The van der Waals surface area contributed by atoms with Crippen molar-refractivity contribution in [2.75, 3.05) is 13.7 Å². The van der Waals surface area contributed by atoms with Crippen molar-refractivity contribution in [1.82, 2.24) is 20.2 Å². The number of benzene rings is 1. The Labute approximate surface area is 165 Å². The minimum Gasteiger partial charge on any atom is -0.453 e. The molecule has 1 fully saturated rings. The molecule has 2 amide bonds. The molecule has 2 aromatic rings. The van der Waals surface area contributed by atoms with Crippen molar-refractivity contribution in [3.8, 4) is 0 Å². The topological polar surface area (TPSA) is 125 Å². The summed E-state index contributed by atoms with van der Waals surface area (Å²) in [5.74, 6) is 0.341. The van der Waals surface area contributed by atoms with E-state index in [1.54, 1.807) is 23.1 Å². The van der Waals surface area contributed by atoms with Gasteiger partial charge < -0.3 is 24.5 Å². The molecule has 2 unspecified atom stereocenters. The number of H-pyrrole nitrogens is 1. The zero-order chi connectivity index (χ0) is 20.4. The fraction of sp³-hybridized carbons (Fsp3) is 0.500. The Bertz CT molecular complexity index is 913. The van der Waals surface area contributed by atoms with Gasteiger partial charge in [-0.2, -0.15) is 0 Å². The summed E-state index contributed by atoms with van der Waals surface area (Å²) in [5.41, 5.74) is 1.30. The molecule has 10 heteroatoms. The van der Waals surface area contributed by atoms with Crippen molar-refractivity contribution < 1.29 is 23.1 Å². The van der Waals surface area contributed by atoms with Crippen LogP contribution in [-0.4, -0.2) is 55.3 Å². The molecule has 1 saturated heterocycles. The van der Waals surface area contributed by atoms with Gasteiger partial charge in [0.1, 0.15) is 11.9 Å². The maximum atomic E-state index is 13.1. The highest BCUT2D eigenvalue weighted by molar-refractivity contribution is 7.79. The number of carbonyl (C=O) groups excluding carboxylic acids is 2. The number of hydrogen-bond acceptors (Lipinski definition) is 5. The molecule has 0 spiro atoms. The number of aromatic amines is 1. The second kappa shape index (κ2) is 8.27. The first kappa shape index (κ1) is 20.3. The fourth-order valence-corrected chi connectivity index (χ4v) is 3.87. The SMILES string of the molecule is COC(=O)N[C@H](C(=O)N1CCCC1c1nc2ccc(S(=O)O)cc2[nH]1)C(C)C. The fourth-order valence-electron chi connectivity index (χ4n) is 3.47. The van der Waals surface area contributed by atoms with Crippen LogP contribution in [0.4, 0.5) is 4.79 Å². The number of likely N-dealkylation sites (tertiary alicyclic amines) is 1. The van der Waals surface area contributed by atoms with Gasteiger partial charge in [-0.1, -0.05) is 13.8 Å². The average Bonchev–Trinajstić information content (AvgIpc) is 3.30. The molecule has 1 aliphatic heterocycles. The third-order valence-electron chi connectivity index (χ3n) is 4.92. The van der Waals surface area contributed by atoms with Gasteiger partial charge in [0.15, 0.2) is 11.1 Å². The van der Waals surface area contributed by atoms with Crippen LogP contribution in [-0.2, 0) is 20.6 Å². The third kappa shape index (κ3) is 4.02. The van der Waals surface area contributed by atoms with Gasteiger partial charge in [-0.3, -0.25) is 4.79 Å². The van der Waals surface area contributed by atoms with E-state index in [0.717, 1.165) is 12.8 Å². The van der Waals surface area contributed by atoms with Crippen molar-refractivity contribution in [3.05, 3.63) is 24.0 Å². The second-order valence-electron chi connectivity index (χ2n) is 7.10. The lowest BCUT2D eigenvalue weighted by Gasteiger charge is -2.29. The van der Waals surface area contributed by atoms with Crippen LogP contribution in [0.2, 0.25) is 0 Å². The largest absolute Gasteiger partial charge is 0.453 e. The average molecular weight is 408 g/mol. The predicted octanol–water partition coefficient (Wildman–Crippen LogP) is 2.19. The molecule has 3 N–H and O–H groups in total. The number of nitrogens with zero attached hydrogens (tertiary/aromatic N) is 2. The van der Waals surface area contributed by atoms with Gasteiger partial charge in [-0.05, 0) is 37.0 Å². The van der Waals surface area contributed by atoms with Crippen LogP contribution < -0.4 is 5.32 Å². The summed E-state index contributed by atoms with van der Waals surface area (Å²) in [6, 6.07) is 3.87. The van der Waals surface area contributed by atoms with E-state index in [4.69, 9.17) is 0 Å². The van der Waals surface area contributed by atoms with E-state index in [9.17, 15) is 18.4 Å². The maximum absolute atomic E-state index is 13.1. The predicted molar refractivity (Wildman–Crippen MR) is 103 cm³/mol. The number of imidazole rings is 1. The number of fused-ring (bicyclic) bond motifs is 1. The number of ether oxygens (including phenoxy) is 1. The molecule has 9 nitrogen and oxygen atoms in total. The maximum Gasteiger partial charge on any atom is 0.407 e. The highest BCUT2D eigenvalue weighted by Crippen LogP contribution is 2.32. The summed E-state index contributed by atoms with van der Waals surface area (Å²) in [6.45, 7) is 4.29. The van der Waals surface area contributed by atoms with Gasteiger partial charge >= 0.3 is 6.09 Å². The van der Waals surface area contributed by atoms with Gasteiger partial charge in [0.05, 0.1) is 29.1 Å². The van der Waals surface area contributed by atoms with Gasteiger partial charge in [-0.15, -0.1) is 0 Å². The lowest BCUT2D eigenvalue weighted by Crippen LogP contribution is -2.51. The summed E-state index contributed by atoms with van der Waals surface area (Å²) >= 11 is -2.07. The Balaban J connectivity index is 1.87. The first-order valence-electron chi connectivity index (χ1n) is 9.07. The Morgan fingerprint density at radius 2 is 2.18 bits per heavy atom. The summed E-state index contributed by atoms with van der Waals surface area (Å²) in [4.78, 5) is 34.5.